The number of aliphatic hydroxyl groups excluding tert-OH is 1. The number of hydrogen-bond donors (Lipinski definition) is 2. The zero-order chi connectivity index (χ0) is 13.7. The van der Waals surface area contributed by atoms with Gasteiger partial charge in [-0.2, -0.15) is 0 Å². The lowest BCUT2D eigenvalue weighted by molar-refractivity contribution is -0.136. The third kappa shape index (κ3) is 3.68. The van der Waals surface area contributed by atoms with Crippen LogP contribution in [-0.4, -0.2) is 41.7 Å². The zero-order valence-corrected chi connectivity index (χ0v) is 10.9. The number of ether oxygens (including phenoxy) is 1. The maximum Gasteiger partial charge on any atom is 0.260 e. The molecule has 104 valence electrons. The minimum atomic E-state index is -0.408. The number of β-amino-alcohol motifs (C(OH)–C–C–N with tert-alkyl or cyclic N) is 1. The molecule has 2 rings (SSSR count). The lowest BCUT2D eigenvalue weighted by Crippen LogP contribution is -2.44. The average Bonchev–Trinajstić information content (AvgIpc) is 2.45. The van der Waals surface area contributed by atoms with Crippen molar-refractivity contribution in [1.82, 2.24) is 4.90 Å². The van der Waals surface area contributed by atoms with Gasteiger partial charge in [0.25, 0.3) is 5.91 Å². The van der Waals surface area contributed by atoms with Crippen LogP contribution in [0, 0.1) is 0 Å². The standard InChI is InChI=1S/C14H20N2O3/c15-8-11-4-1-2-6-13(11)19-10-14(18)16-7-3-5-12(17)9-16/h1-2,4,6,12,17H,3,5,7-10,15H2/t12-/m0/s1. The van der Waals surface area contributed by atoms with E-state index in [1.165, 1.54) is 0 Å². The molecule has 1 aliphatic rings. The summed E-state index contributed by atoms with van der Waals surface area (Å²) in [4.78, 5) is 13.6. The van der Waals surface area contributed by atoms with Gasteiger partial charge in [-0.15, -0.1) is 0 Å². The fraction of sp³-hybridized carbons (Fsp3) is 0.500. The molecule has 0 bridgehead atoms. The normalized spacial score (nSPS) is 19.3. The maximum absolute atomic E-state index is 12.0. The van der Waals surface area contributed by atoms with Crippen LogP contribution in [0.25, 0.3) is 0 Å². The molecule has 3 N–H and O–H groups in total. The van der Waals surface area contributed by atoms with Gasteiger partial charge in [0, 0.05) is 25.2 Å². The van der Waals surface area contributed by atoms with Crippen molar-refractivity contribution >= 4 is 5.91 Å². The van der Waals surface area contributed by atoms with Gasteiger partial charge in [-0.3, -0.25) is 4.79 Å². The number of aliphatic hydroxyl groups is 1. The lowest BCUT2D eigenvalue weighted by atomic mass is 10.1. The molecule has 0 aromatic heterocycles. The summed E-state index contributed by atoms with van der Waals surface area (Å²) in [6.45, 7) is 1.47. The third-order valence-electron chi connectivity index (χ3n) is 3.29. The Balaban J connectivity index is 1.89. The monoisotopic (exact) mass is 264 g/mol. The van der Waals surface area contributed by atoms with E-state index in [0.29, 0.717) is 25.4 Å². The smallest absolute Gasteiger partial charge is 0.260 e. The number of hydrogen-bond acceptors (Lipinski definition) is 4. The van der Waals surface area contributed by atoms with Crippen LogP contribution in [0.4, 0.5) is 0 Å². The van der Waals surface area contributed by atoms with Gasteiger partial charge in [0.15, 0.2) is 6.61 Å². The molecule has 0 saturated carbocycles. The van der Waals surface area contributed by atoms with Crippen molar-refractivity contribution in [2.45, 2.75) is 25.5 Å². The van der Waals surface area contributed by atoms with Gasteiger partial charge < -0.3 is 20.5 Å². The van der Waals surface area contributed by atoms with Crippen LogP contribution in [-0.2, 0) is 11.3 Å². The first-order valence-electron chi connectivity index (χ1n) is 6.57. The second kappa shape index (κ2) is 6.54. The van der Waals surface area contributed by atoms with Crippen LogP contribution in [0.3, 0.4) is 0 Å². The van der Waals surface area contributed by atoms with E-state index in [0.717, 1.165) is 18.4 Å². The van der Waals surface area contributed by atoms with E-state index >= 15 is 0 Å². The number of rotatable bonds is 4. The van der Waals surface area contributed by atoms with Crippen LogP contribution in [0.15, 0.2) is 24.3 Å². The minimum absolute atomic E-state index is 0.0102. The molecular formula is C14H20N2O3. The number of benzene rings is 1. The molecule has 19 heavy (non-hydrogen) atoms. The van der Waals surface area contributed by atoms with E-state index in [1.807, 2.05) is 18.2 Å². The topological polar surface area (TPSA) is 75.8 Å². The molecule has 0 aliphatic carbocycles. The van der Waals surface area contributed by atoms with Gasteiger partial charge in [-0.25, -0.2) is 0 Å². The molecule has 1 saturated heterocycles. The predicted molar refractivity (Wildman–Crippen MR) is 71.6 cm³/mol. The number of nitrogens with zero attached hydrogens (tertiary/aromatic N) is 1. The number of carbonyl (C=O) groups excluding carboxylic acids is 1. The van der Waals surface area contributed by atoms with Crippen LogP contribution < -0.4 is 10.5 Å². The van der Waals surface area contributed by atoms with Crippen molar-refractivity contribution in [2.24, 2.45) is 5.73 Å². The van der Waals surface area contributed by atoms with Gasteiger partial charge in [0.1, 0.15) is 5.75 Å². The zero-order valence-electron chi connectivity index (χ0n) is 10.9. The first kappa shape index (κ1) is 13.8. The summed E-state index contributed by atoms with van der Waals surface area (Å²) in [5, 5.41) is 9.54. The molecule has 1 heterocycles. The van der Waals surface area contributed by atoms with E-state index in [9.17, 15) is 9.90 Å². The number of likely N-dealkylation sites (tertiary alicyclic amines) is 1. The molecule has 1 aliphatic heterocycles. The molecule has 1 atom stereocenters. The van der Waals surface area contributed by atoms with Crippen molar-refractivity contribution in [3.63, 3.8) is 0 Å². The van der Waals surface area contributed by atoms with E-state index in [1.54, 1.807) is 11.0 Å². The van der Waals surface area contributed by atoms with Gasteiger partial charge >= 0.3 is 0 Å². The summed E-state index contributed by atoms with van der Waals surface area (Å²) in [5.41, 5.74) is 6.49. The second-order valence-corrected chi connectivity index (χ2v) is 4.74. The summed E-state index contributed by atoms with van der Waals surface area (Å²) in [6, 6.07) is 7.42. The molecule has 1 aromatic carbocycles. The molecule has 0 spiro atoms. The second-order valence-electron chi connectivity index (χ2n) is 4.74. The number of nitrogens with two attached hydrogens (primary N) is 1. The van der Waals surface area contributed by atoms with Crippen LogP contribution in [0.5, 0.6) is 5.75 Å². The van der Waals surface area contributed by atoms with Gasteiger partial charge in [0.05, 0.1) is 6.10 Å². The number of piperidine rings is 1. The Morgan fingerprint density at radius 1 is 1.47 bits per heavy atom. The number of amides is 1. The molecule has 5 nitrogen and oxygen atoms in total. The summed E-state index contributed by atoms with van der Waals surface area (Å²) < 4.78 is 5.53. The van der Waals surface area contributed by atoms with Crippen LogP contribution in [0.1, 0.15) is 18.4 Å². The highest BCUT2D eigenvalue weighted by molar-refractivity contribution is 5.78. The largest absolute Gasteiger partial charge is 0.483 e. The van der Waals surface area contributed by atoms with Crippen molar-refractivity contribution in [3.8, 4) is 5.75 Å². The van der Waals surface area contributed by atoms with Crippen LogP contribution in [0.2, 0.25) is 0 Å². The van der Waals surface area contributed by atoms with Gasteiger partial charge in [-0.1, -0.05) is 18.2 Å². The van der Waals surface area contributed by atoms with Crippen molar-refractivity contribution < 1.29 is 14.6 Å². The molecule has 1 aromatic rings. The Labute approximate surface area is 113 Å². The Bertz CT molecular complexity index is 436. The third-order valence-corrected chi connectivity index (χ3v) is 3.29. The maximum atomic E-state index is 12.0. The molecular weight excluding hydrogens is 244 g/mol. The fourth-order valence-electron chi connectivity index (χ4n) is 2.23. The van der Waals surface area contributed by atoms with Gasteiger partial charge in [0.2, 0.25) is 0 Å². The predicted octanol–water partition coefficient (Wildman–Crippen LogP) is 0.507. The highest BCUT2D eigenvalue weighted by Gasteiger charge is 2.22. The van der Waals surface area contributed by atoms with Crippen molar-refractivity contribution in [2.75, 3.05) is 19.7 Å². The molecule has 5 heteroatoms. The van der Waals surface area contributed by atoms with Crippen LogP contribution >= 0.6 is 0 Å². The Kier molecular flexibility index (Phi) is 4.76. The highest BCUT2D eigenvalue weighted by Crippen LogP contribution is 2.17. The lowest BCUT2D eigenvalue weighted by Gasteiger charge is -2.30. The van der Waals surface area contributed by atoms with Gasteiger partial charge in [-0.05, 0) is 18.9 Å². The summed E-state index contributed by atoms with van der Waals surface area (Å²) in [7, 11) is 0. The fourth-order valence-corrected chi connectivity index (χ4v) is 2.23. The first-order valence-corrected chi connectivity index (χ1v) is 6.57. The summed E-state index contributed by atoms with van der Waals surface area (Å²) >= 11 is 0. The molecule has 1 amide bonds. The molecule has 0 unspecified atom stereocenters. The number of carbonyl (C=O) groups is 1. The minimum Gasteiger partial charge on any atom is -0.483 e. The Hall–Kier alpha value is -1.59. The first-order chi connectivity index (χ1) is 9.20. The summed E-state index contributed by atoms with van der Waals surface area (Å²) in [5.74, 6) is 0.557. The van der Waals surface area contributed by atoms with E-state index in [2.05, 4.69) is 0 Å². The van der Waals surface area contributed by atoms with Crippen molar-refractivity contribution in [1.29, 1.82) is 0 Å². The van der Waals surface area contributed by atoms with E-state index in [-0.39, 0.29) is 12.5 Å². The van der Waals surface area contributed by atoms with E-state index < -0.39 is 6.10 Å². The summed E-state index contributed by atoms with van der Waals surface area (Å²) in [6.07, 6.45) is 1.20. The van der Waals surface area contributed by atoms with Crippen molar-refractivity contribution in [3.05, 3.63) is 29.8 Å². The SMILES string of the molecule is NCc1ccccc1OCC(=O)N1CCC[C@H](O)C1. The van der Waals surface area contributed by atoms with E-state index in [4.69, 9.17) is 10.5 Å². The Morgan fingerprint density at radius 3 is 3.00 bits per heavy atom. The Morgan fingerprint density at radius 2 is 2.26 bits per heavy atom. The molecule has 0 radical (unpaired) electrons. The quantitative estimate of drug-likeness (QED) is 0.830. The molecule has 1 fully saturated rings. The average molecular weight is 264 g/mol. The highest BCUT2D eigenvalue weighted by atomic mass is 16.5. The number of para-hydroxylation sites is 1.